The van der Waals surface area contributed by atoms with Crippen LogP contribution in [0, 0.1) is 6.42 Å². The van der Waals surface area contributed by atoms with Crippen molar-refractivity contribution in [3.8, 4) is 0 Å². The van der Waals surface area contributed by atoms with E-state index in [1.807, 2.05) is 0 Å². The van der Waals surface area contributed by atoms with Crippen LogP contribution in [0.15, 0.2) is 30.3 Å². The van der Waals surface area contributed by atoms with Crippen LogP contribution in [0.25, 0.3) is 0 Å². The van der Waals surface area contributed by atoms with Crippen molar-refractivity contribution in [3.63, 3.8) is 0 Å². The van der Waals surface area contributed by atoms with Gasteiger partial charge in [0.25, 0.3) is 0 Å². The molecule has 2 radical (unpaired) electrons. The van der Waals surface area contributed by atoms with Crippen molar-refractivity contribution in [2.45, 2.75) is 51.9 Å². The fourth-order valence-electron chi connectivity index (χ4n) is 1.69. The lowest BCUT2D eigenvalue weighted by Gasteiger charge is -2.01. The molecule has 0 aliphatic carbocycles. The molecule has 1 rings (SSSR count). The second kappa shape index (κ2) is 8.52. The molecule has 0 spiro atoms. The highest BCUT2D eigenvalue weighted by molar-refractivity contribution is 5.21. The minimum atomic E-state index is 1.11. The Balaban J connectivity index is 1.93. The van der Waals surface area contributed by atoms with E-state index in [2.05, 4.69) is 43.7 Å². The van der Waals surface area contributed by atoms with E-state index in [4.69, 9.17) is 0 Å². The normalized spacial score (nSPS) is 10.5. The zero-order chi connectivity index (χ0) is 10.8. The van der Waals surface area contributed by atoms with E-state index in [0.29, 0.717) is 0 Å². The van der Waals surface area contributed by atoms with Gasteiger partial charge in [0.1, 0.15) is 0 Å². The second-order valence-corrected chi connectivity index (χ2v) is 4.06. The standard InChI is InChI=1S/C15H22/c1-2-3-4-5-6-7-9-12-15-13-10-8-11-14-15/h8,10-11,13-14H,2-7,9H2,1H3. The molecule has 0 heteroatoms. The molecule has 82 valence electrons. The largest absolute Gasteiger partial charge is 0.0654 e. The summed E-state index contributed by atoms with van der Waals surface area (Å²) in [4.78, 5) is 0. The monoisotopic (exact) mass is 202 g/mol. The first kappa shape index (κ1) is 12.3. The summed E-state index contributed by atoms with van der Waals surface area (Å²) in [5.74, 6) is 0. The molecule has 1 aromatic rings. The fourth-order valence-corrected chi connectivity index (χ4v) is 1.69. The van der Waals surface area contributed by atoms with Crippen molar-refractivity contribution in [2.75, 3.05) is 0 Å². The van der Waals surface area contributed by atoms with E-state index in [9.17, 15) is 0 Å². The van der Waals surface area contributed by atoms with E-state index < -0.39 is 0 Å². The van der Waals surface area contributed by atoms with Crippen molar-refractivity contribution in [2.24, 2.45) is 0 Å². The van der Waals surface area contributed by atoms with Crippen molar-refractivity contribution >= 4 is 0 Å². The summed E-state index contributed by atoms with van der Waals surface area (Å²) < 4.78 is 0. The summed E-state index contributed by atoms with van der Waals surface area (Å²) in [7, 11) is 0. The third-order valence-electron chi connectivity index (χ3n) is 2.63. The lowest BCUT2D eigenvalue weighted by molar-refractivity contribution is 0.607. The molecule has 0 N–H and O–H groups in total. The zero-order valence-corrected chi connectivity index (χ0v) is 9.84. The van der Waals surface area contributed by atoms with Crippen LogP contribution in [0.5, 0.6) is 0 Å². The second-order valence-electron chi connectivity index (χ2n) is 4.06. The highest BCUT2D eigenvalue weighted by Crippen LogP contribution is 2.11. The topological polar surface area (TPSA) is 0 Å². The highest BCUT2D eigenvalue weighted by atomic mass is 14.0. The number of rotatable bonds is 8. The van der Waals surface area contributed by atoms with Gasteiger partial charge in [-0.2, -0.15) is 0 Å². The maximum Gasteiger partial charge on any atom is 0.0164 e. The average molecular weight is 202 g/mol. The number of hydrogen-bond donors (Lipinski definition) is 0. The highest BCUT2D eigenvalue weighted by Gasteiger charge is 1.93. The molecule has 15 heavy (non-hydrogen) atoms. The third kappa shape index (κ3) is 6.33. The third-order valence-corrected chi connectivity index (χ3v) is 2.63. The molecule has 0 nitrogen and oxygen atoms in total. The zero-order valence-electron chi connectivity index (χ0n) is 9.84. The molecular weight excluding hydrogens is 180 g/mol. The van der Waals surface area contributed by atoms with Gasteiger partial charge in [-0.1, -0.05) is 75.8 Å². The van der Waals surface area contributed by atoms with Gasteiger partial charge in [-0.05, 0) is 12.0 Å². The van der Waals surface area contributed by atoms with E-state index >= 15 is 0 Å². The van der Waals surface area contributed by atoms with E-state index in [1.54, 1.807) is 0 Å². The van der Waals surface area contributed by atoms with Gasteiger partial charge in [0.15, 0.2) is 0 Å². The maximum atomic E-state index is 3.44. The molecule has 0 aliphatic rings. The van der Waals surface area contributed by atoms with E-state index in [0.717, 1.165) is 6.42 Å². The Morgan fingerprint density at radius 1 is 0.867 bits per heavy atom. The van der Waals surface area contributed by atoms with Gasteiger partial charge in [-0.15, -0.1) is 0 Å². The Morgan fingerprint density at radius 2 is 1.53 bits per heavy atom. The number of unbranched alkanes of at least 4 members (excludes halogenated alkanes) is 6. The lowest BCUT2D eigenvalue weighted by atomic mass is 10.0. The summed E-state index contributed by atoms with van der Waals surface area (Å²) in [6.07, 6.45) is 12.7. The van der Waals surface area contributed by atoms with Gasteiger partial charge < -0.3 is 0 Å². The molecule has 0 unspecified atom stereocenters. The molecule has 0 heterocycles. The van der Waals surface area contributed by atoms with Crippen molar-refractivity contribution in [1.82, 2.24) is 0 Å². The lowest BCUT2D eigenvalue weighted by Crippen LogP contribution is -1.83. The Bertz CT molecular complexity index is 225. The van der Waals surface area contributed by atoms with Crippen LogP contribution in [0.4, 0.5) is 0 Å². The van der Waals surface area contributed by atoms with Crippen LogP contribution >= 0.6 is 0 Å². The Hall–Kier alpha value is -0.780. The molecule has 0 amide bonds. The summed E-state index contributed by atoms with van der Waals surface area (Å²) in [5.41, 5.74) is 1.24. The number of hydrogen-bond acceptors (Lipinski definition) is 0. The predicted molar refractivity (Wildman–Crippen MR) is 66.8 cm³/mol. The SMILES string of the molecule is CCCCCCCC[C]c1ccccc1. The average Bonchev–Trinajstić information content (AvgIpc) is 2.29. The van der Waals surface area contributed by atoms with Gasteiger partial charge in [0, 0.05) is 6.42 Å². The van der Waals surface area contributed by atoms with E-state index in [-0.39, 0.29) is 0 Å². The van der Waals surface area contributed by atoms with Gasteiger partial charge in [-0.25, -0.2) is 0 Å². The predicted octanol–water partition coefficient (Wildman–Crippen LogP) is 4.87. The minimum absolute atomic E-state index is 1.11. The quantitative estimate of drug-likeness (QED) is 0.528. The van der Waals surface area contributed by atoms with Crippen molar-refractivity contribution < 1.29 is 0 Å². The Kier molecular flexibility index (Phi) is 6.98. The van der Waals surface area contributed by atoms with Crippen LogP contribution in [0.2, 0.25) is 0 Å². The van der Waals surface area contributed by atoms with Crippen LogP contribution in [0.3, 0.4) is 0 Å². The first-order chi connectivity index (χ1) is 7.43. The molecule has 0 bridgehead atoms. The molecule has 0 fully saturated rings. The van der Waals surface area contributed by atoms with Crippen LogP contribution in [-0.4, -0.2) is 0 Å². The number of benzene rings is 1. The Morgan fingerprint density at radius 3 is 2.27 bits per heavy atom. The van der Waals surface area contributed by atoms with Gasteiger partial charge in [0.2, 0.25) is 0 Å². The Labute approximate surface area is 94.7 Å². The maximum absolute atomic E-state index is 3.44. The van der Waals surface area contributed by atoms with Crippen molar-refractivity contribution in [3.05, 3.63) is 42.3 Å². The molecule has 0 saturated carbocycles. The summed E-state index contributed by atoms with van der Waals surface area (Å²) in [6, 6.07) is 10.4. The summed E-state index contributed by atoms with van der Waals surface area (Å²) in [6.45, 7) is 2.26. The van der Waals surface area contributed by atoms with E-state index in [1.165, 1.54) is 44.1 Å². The fraction of sp³-hybridized carbons (Fsp3) is 0.533. The molecule has 0 aromatic heterocycles. The molecule has 0 atom stereocenters. The van der Waals surface area contributed by atoms with Gasteiger partial charge in [0.05, 0.1) is 0 Å². The minimum Gasteiger partial charge on any atom is -0.0654 e. The molecule has 0 saturated heterocycles. The van der Waals surface area contributed by atoms with Crippen LogP contribution < -0.4 is 0 Å². The first-order valence-corrected chi connectivity index (χ1v) is 6.22. The molecule has 1 aromatic carbocycles. The smallest absolute Gasteiger partial charge is 0.0164 e. The van der Waals surface area contributed by atoms with Crippen LogP contribution in [-0.2, 0) is 0 Å². The van der Waals surface area contributed by atoms with Crippen LogP contribution in [0.1, 0.15) is 57.4 Å². The summed E-state index contributed by atoms with van der Waals surface area (Å²) in [5, 5.41) is 0. The van der Waals surface area contributed by atoms with Gasteiger partial charge >= 0.3 is 0 Å². The van der Waals surface area contributed by atoms with Gasteiger partial charge in [-0.3, -0.25) is 0 Å². The molecular formula is C15H22. The van der Waals surface area contributed by atoms with Crippen molar-refractivity contribution in [1.29, 1.82) is 0 Å². The first-order valence-electron chi connectivity index (χ1n) is 6.22. The summed E-state index contributed by atoms with van der Waals surface area (Å²) >= 11 is 0. The molecule has 0 aliphatic heterocycles.